The standard InChI is InChI=1S/C14H26O2Si/c1-14-8-5-6-13(16-17(2,3)4)12(14)10-11(15)7-9-14/h12-13H,5-10H2,1-4H3/t12-,13-,14+/m0/s1. The molecule has 2 aliphatic carbocycles. The van der Waals surface area contributed by atoms with E-state index in [1.54, 1.807) is 0 Å². The minimum Gasteiger partial charge on any atom is -0.414 e. The minimum absolute atomic E-state index is 0.352. The molecule has 0 aromatic carbocycles. The zero-order valence-electron chi connectivity index (χ0n) is 11.7. The summed E-state index contributed by atoms with van der Waals surface area (Å²) >= 11 is 0. The Bertz CT molecular complexity index is 308. The molecule has 3 heteroatoms. The molecule has 0 aliphatic heterocycles. The lowest BCUT2D eigenvalue weighted by Crippen LogP contribution is -2.48. The van der Waals surface area contributed by atoms with E-state index in [1.165, 1.54) is 12.8 Å². The number of fused-ring (bicyclic) bond motifs is 1. The number of carbonyl (C=O) groups excluding carboxylic acids is 1. The second kappa shape index (κ2) is 4.50. The second-order valence-corrected chi connectivity index (χ2v) is 11.6. The Kier molecular flexibility index (Phi) is 3.52. The van der Waals surface area contributed by atoms with E-state index in [1.807, 2.05) is 0 Å². The molecule has 0 spiro atoms. The number of hydrogen-bond acceptors (Lipinski definition) is 2. The maximum Gasteiger partial charge on any atom is 0.184 e. The third kappa shape index (κ3) is 3.00. The van der Waals surface area contributed by atoms with E-state index >= 15 is 0 Å². The fourth-order valence-electron chi connectivity index (χ4n) is 3.60. The summed E-state index contributed by atoms with van der Waals surface area (Å²) in [6.07, 6.45) is 6.73. The largest absolute Gasteiger partial charge is 0.414 e. The van der Waals surface area contributed by atoms with E-state index in [4.69, 9.17) is 4.43 Å². The summed E-state index contributed by atoms with van der Waals surface area (Å²) in [7, 11) is -1.49. The van der Waals surface area contributed by atoms with Crippen molar-refractivity contribution in [3.05, 3.63) is 0 Å². The van der Waals surface area contributed by atoms with Gasteiger partial charge in [0.05, 0.1) is 0 Å². The van der Waals surface area contributed by atoms with E-state index < -0.39 is 8.32 Å². The van der Waals surface area contributed by atoms with Gasteiger partial charge in [-0.25, -0.2) is 0 Å². The van der Waals surface area contributed by atoms with E-state index in [9.17, 15) is 4.79 Å². The van der Waals surface area contributed by atoms with Crippen LogP contribution in [0.1, 0.15) is 45.4 Å². The van der Waals surface area contributed by atoms with Crippen LogP contribution in [-0.2, 0) is 9.22 Å². The Morgan fingerprint density at radius 2 is 2.00 bits per heavy atom. The lowest BCUT2D eigenvalue weighted by molar-refractivity contribution is -0.130. The summed E-state index contributed by atoms with van der Waals surface area (Å²) in [5, 5.41) is 0. The first kappa shape index (κ1) is 13.3. The number of carbonyl (C=O) groups is 1. The Morgan fingerprint density at radius 1 is 1.29 bits per heavy atom. The van der Waals surface area contributed by atoms with Gasteiger partial charge < -0.3 is 4.43 Å². The molecule has 0 heterocycles. The maximum absolute atomic E-state index is 11.7. The summed E-state index contributed by atoms with van der Waals surface area (Å²) in [5.41, 5.74) is 0.372. The first-order valence-electron chi connectivity index (χ1n) is 7.00. The van der Waals surface area contributed by atoms with Crippen molar-refractivity contribution >= 4 is 14.1 Å². The summed E-state index contributed by atoms with van der Waals surface area (Å²) in [5.74, 6) is 0.947. The summed E-state index contributed by atoms with van der Waals surface area (Å²) in [6, 6.07) is 0. The normalized spacial score (nSPS) is 38.9. The predicted molar refractivity (Wildman–Crippen MR) is 72.5 cm³/mol. The fraction of sp³-hybridized carbons (Fsp3) is 0.929. The molecule has 0 unspecified atom stereocenters. The van der Waals surface area contributed by atoms with Crippen LogP contribution >= 0.6 is 0 Å². The van der Waals surface area contributed by atoms with E-state index in [-0.39, 0.29) is 0 Å². The molecule has 2 fully saturated rings. The Labute approximate surface area is 106 Å². The SMILES string of the molecule is C[C@]12CCC[C@H](O[Si](C)(C)C)[C@@H]1CC(=O)CC2. The highest BCUT2D eigenvalue weighted by atomic mass is 28.4. The lowest BCUT2D eigenvalue weighted by atomic mass is 9.59. The third-order valence-corrected chi connectivity index (χ3v) is 5.52. The van der Waals surface area contributed by atoms with Crippen molar-refractivity contribution in [2.45, 2.75) is 71.2 Å². The number of ketones is 1. The first-order valence-corrected chi connectivity index (χ1v) is 10.4. The fourth-order valence-corrected chi connectivity index (χ4v) is 4.79. The summed E-state index contributed by atoms with van der Waals surface area (Å²) in [4.78, 5) is 11.7. The van der Waals surface area contributed by atoms with Crippen LogP contribution in [0.2, 0.25) is 19.6 Å². The Balaban J connectivity index is 2.13. The van der Waals surface area contributed by atoms with Gasteiger partial charge in [0.15, 0.2) is 8.32 Å². The van der Waals surface area contributed by atoms with E-state index in [2.05, 4.69) is 26.6 Å². The Morgan fingerprint density at radius 3 is 2.65 bits per heavy atom. The molecule has 17 heavy (non-hydrogen) atoms. The average molecular weight is 254 g/mol. The van der Waals surface area contributed by atoms with Gasteiger partial charge >= 0.3 is 0 Å². The summed E-state index contributed by atoms with van der Waals surface area (Å²) in [6.45, 7) is 9.14. The quantitative estimate of drug-likeness (QED) is 0.701. The average Bonchev–Trinajstić information content (AvgIpc) is 2.18. The molecule has 2 saturated carbocycles. The van der Waals surface area contributed by atoms with Gasteiger partial charge in [-0.2, -0.15) is 0 Å². The van der Waals surface area contributed by atoms with Crippen molar-refractivity contribution < 1.29 is 9.22 Å². The predicted octanol–water partition coefficient (Wildman–Crippen LogP) is 3.77. The van der Waals surface area contributed by atoms with Gasteiger partial charge in [-0.15, -0.1) is 0 Å². The van der Waals surface area contributed by atoms with Gasteiger partial charge in [-0.1, -0.05) is 13.3 Å². The van der Waals surface area contributed by atoms with Crippen LogP contribution in [0.4, 0.5) is 0 Å². The van der Waals surface area contributed by atoms with Gasteiger partial charge in [0.2, 0.25) is 0 Å². The van der Waals surface area contributed by atoms with Crippen molar-refractivity contribution in [3.63, 3.8) is 0 Å². The van der Waals surface area contributed by atoms with Gasteiger partial charge in [0.1, 0.15) is 5.78 Å². The van der Waals surface area contributed by atoms with E-state index in [0.717, 1.165) is 25.7 Å². The van der Waals surface area contributed by atoms with Gasteiger partial charge in [0.25, 0.3) is 0 Å². The second-order valence-electron chi connectivity index (χ2n) is 7.16. The highest BCUT2D eigenvalue weighted by Gasteiger charge is 2.46. The molecule has 3 atom stereocenters. The molecule has 0 N–H and O–H groups in total. The third-order valence-electron chi connectivity index (χ3n) is 4.51. The van der Waals surface area contributed by atoms with Gasteiger partial charge in [0, 0.05) is 18.9 Å². The smallest absolute Gasteiger partial charge is 0.184 e. The first-order chi connectivity index (χ1) is 7.80. The minimum atomic E-state index is -1.49. The van der Waals surface area contributed by atoms with E-state index in [0.29, 0.717) is 23.2 Å². The molecule has 0 amide bonds. The molecular formula is C14H26O2Si. The highest BCUT2D eigenvalue weighted by molar-refractivity contribution is 6.69. The molecule has 2 rings (SSSR count). The van der Waals surface area contributed by atoms with Crippen LogP contribution in [0.25, 0.3) is 0 Å². The van der Waals surface area contributed by atoms with Crippen molar-refractivity contribution in [2.75, 3.05) is 0 Å². The van der Waals surface area contributed by atoms with Crippen LogP contribution in [0.3, 0.4) is 0 Å². The van der Waals surface area contributed by atoms with Crippen LogP contribution < -0.4 is 0 Å². The molecule has 0 bridgehead atoms. The van der Waals surface area contributed by atoms with Crippen molar-refractivity contribution in [3.8, 4) is 0 Å². The van der Waals surface area contributed by atoms with Crippen molar-refractivity contribution in [1.29, 1.82) is 0 Å². The van der Waals surface area contributed by atoms with Crippen molar-refractivity contribution in [1.82, 2.24) is 0 Å². The molecule has 0 saturated heterocycles. The van der Waals surface area contributed by atoms with Crippen LogP contribution in [0.15, 0.2) is 0 Å². The monoisotopic (exact) mass is 254 g/mol. The zero-order chi connectivity index (χ0) is 12.7. The molecular weight excluding hydrogens is 228 g/mol. The molecule has 0 radical (unpaired) electrons. The summed E-state index contributed by atoms with van der Waals surface area (Å²) < 4.78 is 6.35. The number of hydrogen-bond donors (Lipinski definition) is 0. The number of rotatable bonds is 2. The van der Waals surface area contributed by atoms with Crippen LogP contribution in [0.5, 0.6) is 0 Å². The van der Waals surface area contributed by atoms with Crippen LogP contribution in [0, 0.1) is 11.3 Å². The molecule has 0 aromatic rings. The Hall–Kier alpha value is -0.153. The van der Waals surface area contributed by atoms with Crippen LogP contribution in [-0.4, -0.2) is 20.2 Å². The van der Waals surface area contributed by atoms with Gasteiger partial charge in [-0.05, 0) is 50.2 Å². The van der Waals surface area contributed by atoms with Gasteiger partial charge in [-0.3, -0.25) is 4.79 Å². The molecule has 98 valence electrons. The maximum atomic E-state index is 11.7. The lowest BCUT2D eigenvalue weighted by Gasteiger charge is -2.49. The highest BCUT2D eigenvalue weighted by Crippen LogP contribution is 2.50. The molecule has 2 nitrogen and oxygen atoms in total. The van der Waals surface area contributed by atoms with Crippen molar-refractivity contribution in [2.24, 2.45) is 11.3 Å². The zero-order valence-corrected chi connectivity index (χ0v) is 12.7. The molecule has 0 aromatic heterocycles. The number of Topliss-reactive ketones (excluding diaryl/α,β-unsaturated/α-hetero) is 1. The molecule has 2 aliphatic rings. The topological polar surface area (TPSA) is 26.3 Å².